The van der Waals surface area contributed by atoms with Gasteiger partial charge in [0.15, 0.2) is 12.2 Å². The van der Waals surface area contributed by atoms with E-state index in [9.17, 15) is 19.5 Å². The van der Waals surface area contributed by atoms with Crippen molar-refractivity contribution in [1.82, 2.24) is 14.8 Å². The molecule has 0 radical (unpaired) electrons. The maximum Gasteiger partial charge on any atom is 0.335 e. The summed E-state index contributed by atoms with van der Waals surface area (Å²) in [5.41, 5.74) is 4.20. The smallest absolute Gasteiger partial charge is 0.335 e. The minimum Gasteiger partial charge on any atom is -0.479 e. The van der Waals surface area contributed by atoms with Crippen LogP contribution in [0.3, 0.4) is 0 Å². The molecule has 0 bridgehead atoms. The Labute approximate surface area is 227 Å². The molecule has 1 amide bonds. The summed E-state index contributed by atoms with van der Waals surface area (Å²) in [6, 6.07) is 7.53. The van der Waals surface area contributed by atoms with Crippen LogP contribution in [-0.2, 0) is 20.8 Å². The van der Waals surface area contributed by atoms with E-state index in [2.05, 4.69) is 60.1 Å². The number of carboxylic acid groups (broad SMARTS) is 2. The van der Waals surface area contributed by atoms with Crippen molar-refractivity contribution >= 4 is 28.7 Å². The summed E-state index contributed by atoms with van der Waals surface area (Å²) in [5.74, 6) is -3.04. The number of aliphatic hydroxyl groups is 3. The number of hydrogen-bond donors (Lipinski definition) is 6. The quantitative estimate of drug-likeness (QED) is 0.311. The molecule has 5 rings (SSSR count). The van der Waals surface area contributed by atoms with E-state index in [1.165, 1.54) is 22.0 Å². The first-order valence-corrected chi connectivity index (χ1v) is 13.5. The highest BCUT2D eigenvalue weighted by Crippen LogP contribution is 2.45. The predicted octanol–water partition coefficient (Wildman–Crippen LogP) is 1.09. The number of aromatic nitrogens is 1. The summed E-state index contributed by atoms with van der Waals surface area (Å²) in [6.45, 7) is 5.28. The molecule has 11 heteroatoms. The lowest BCUT2D eigenvalue weighted by Gasteiger charge is -2.45. The Morgan fingerprint density at radius 3 is 2.28 bits per heavy atom. The Hall–Kier alpha value is -2.99. The SMILES string of the molecule is CC(C)n1cc2c3c(cccc31)[C@H]1C[C@H](C(=O)NC3CCCC3O)CN(C)[C@@H]1C2.O=C(O)C(O)C(O)C(=O)O. The summed E-state index contributed by atoms with van der Waals surface area (Å²) in [5, 5.41) is 47.2. The van der Waals surface area contributed by atoms with Crippen LogP contribution in [0.4, 0.5) is 0 Å². The van der Waals surface area contributed by atoms with E-state index in [-0.39, 0.29) is 24.0 Å². The minimum absolute atomic E-state index is 0.0157. The number of hydrogen-bond acceptors (Lipinski definition) is 7. The van der Waals surface area contributed by atoms with Gasteiger partial charge in [-0.15, -0.1) is 0 Å². The summed E-state index contributed by atoms with van der Waals surface area (Å²) in [7, 11) is 2.17. The van der Waals surface area contributed by atoms with Gasteiger partial charge in [0.25, 0.3) is 0 Å². The number of carboxylic acids is 2. The van der Waals surface area contributed by atoms with E-state index in [0.29, 0.717) is 18.0 Å². The normalized spacial score (nSPS) is 27.8. The first-order chi connectivity index (χ1) is 18.4. The molecule has 1 aliphatic heterocycles. The Bertz CT molecular complexity index is 1210. The van der Waals surface area contributed by atoms with Crippen LogP contribution in [0.1, 0.15) is 62.6 Å². The molecule has 2 aliphatic carbocycles. The highest BCUT2D eigenvalue weighted by Gasteiger charge is 2.42. The van der Waals surface area contributed by atoms with Crippen LogP contribution >= 0.6 is 0 Å². The van der Waals surface area contributed by atoms with Crippen LogP contribution in [0, 0.1) is 5.92 Å². The number of carbonyl (C=O) groups is 3. The third-order valence-corrected chi connectivity index (χ3v) is 8.41. The maximum atomic E-state index is 13.0. The highest BCUT2D eigenvalue weighted by atomic mass is 16.4. The van der Waals surface area contributed by atoms with Crippen LogP contribution < -0.4 is 5.32 Å². The summed E-state index contributed by atoms with van der Waals surface area (Å²) < 4.78 is 2.40. The van der Waals surface area contributed by atoms with E-state index in [0.717, 1.165) is 38.6 Å². The zero-order chi connectivity index (χ0) is 28.6. The number of likely N-dealkylation sites (N-methyl/N-ethyl adjacent to an activating group) is 1. The monoisotopic (exact) mass is 545 g/mol. The summed E-state index contributed by atoms with van der Waals surface area (Å²) in [4.78, 5) is 35.0. The van der Waals surface area contributed by atoms with E-state index in [1.807, 2.05) is 0 Å². The van der Waals surface area contributed by atoms with Gasteiger partial charge in [-0.05, 0) is 70.2 Å². The molecule has 7 atom stereocenters. The average Bonchev–Trinajstić information content (AvgIpc) is 3.47. The molecule has 3 aliphatic rings. The Kier molecular flexibility index (Phi) is 8.65. The van der Waals surface area contributed by atoms with Gasteiger partial charge >= 0.3 is 11.9 Å². The van der Waals surface area contributed by atoms with Crippen molar-refractivity contribution < 1.29 is 39.9 Å². The van der Waals surface area contributed by atoms with Crippen LogP contribution in [-0.4, -0.2) is 96.8 Å². The molecule has 2 heterocycles. The van der Waals surface area contributed by atoms with Crippen molar-refractivity contribution in [2.45, 2.75) is 88.3 Å². The van der Waals surface area contributed by atoms with Crippen molar-refractivity contribution in [2.24, 2.45) is 5.92 Å². The fourth-order valence-electron chi connectivity index (χ4n) is 6.37. The number of aliphatic carboxylic acids is 2. The number of benzene rings is 1. The summed E-state index contributed by atoms with van der Waals surface area (Å²) in [6.07, 6.45) is 2.09. The molecule has 6 N–H and O–H groups in total. The van der Waals surface area contributed by atoms with Gasteiger partial charge in [-0.1, -0.05) is 12.1 Å². The third-order valence-electron chi connectivity index (χ3n) is 8.41. The van der Waals surface area contributed by atoms with Gasteiger partial charge in [-0.2, -0.15) is 0 Å². The van der Waals surface area contributed by atoms with E-state index in [4.69, 9.17) is 20.4 Å². The van der Waals surface area contributed by atoms with Crippen molar-refractivity contribution in [3.8, 4) is 0 Å². The predicted molar refractivity (Wildman–Crippen MR) is 142 cm³/mol. The minimum atomic E-state index is -2.27. The molecule has 39 heavy (non-hydrogen) atoms. The number of piperidine rings is 1. The number of fused-ring (bicyclic) bond motifs is 2. The van der Waals surface area contributed by atoms with Gasteiger partial charge < -0.3 is 40.3 Å². The Balaban J connectivity index is 0.000000303. The largest absolute Gasteiger partial charge is 0.479 e. The fraction of sp³-hybridized carbons (Fsp3) is 0.607. The molecular weight excluding hydrogens is 506 g/mol. The molecule has 2 fully saturated rings. The van der Waals surface area contributed by atoms with Crippen LogP contribution in [0.2, 0.25) is 0 Å². The zero-order valence-corrected chi connectivity index (χ0v) is 22.5. The number of rotatable bonds is 6. The van der Waals surface area contributed by atoms with E-state index < -0.39 is 24.1 Å². The second kappa shape index (κ2) is 11.6. The van der Waals surface area contributed by atoms with Gasteiger partial charge in [0.1, 0.15) is 0 Å². The molecule has 11 nitrogen and oxygen atoms in total. The standard InChI is InChI=1S/C24H33N3O2.C4H6O6/c1-14(2)27-13-15-11-21-18(17-6-4-8-20(27)23(15)17)10-16(12-26(21)3)24(29)25-19-7-5-9-22(19)28;5-1(3(7)8)2(6)4(9)10/h4,6,8,13-14,16,18-19,21-22,28H,5,7,9-12H2,1-3H3,(H,25,29);1-2,5-6H,(H,7,8)(H,9,10)/t16-,18+,19?,21+,22?;/m0./s1. The van der Waals surface area contributed by atoms with Crippen LogP contribution in [0.15, 0.2) is 24.4 Å². The second-order valence-electron chi connectivity index (χ2n) is 11.3. The average molecular weight is 546 g/mol. The topological polar surface area (TPSA) is 173 Å². The number of aliphatic hydroxyl groups excluding tert-OH is 3. The highest BCUT2D eigenvalue weighted by molar-refractivity contribution is 5.89. The van der Waals surface area contributed by atoms with Gasteiger partial charge in [-0.25, -0.2) is 9.59 Å². The van der Waals surface area contributed by atoms with E-state index in [1.54, 1.807) is 0 Å². The second-order valence-corrected chi connectivity index (χ2v) is 11.3. The van der Waals surface area contributed by atoms with Crippen molar-refractivity contribution in [3.05, 3.63) is 35.5 Å². The number of nitrogens with zero attached hydrogens (tertiary/aromatic N) is 2. The van der Waals surface area contributed by atoms with Gasteiger partial charge in [0.05, 0.1) is 18.1 Å². The zero-order valence-electron chi connectivity index (χ0n) is 22.5. The maximum absolute atomic E-state index is 13.0. The number of amides is 1. The van der Waals surface area contributed by atoms with Crippen LogP contribution in [0.25, 0.3) is 10.9 Å². The molecular formula is C28H39N3O8. The molecule has 1 aromatic carbocycles. The molecule has 214 valence electrons. The first kappa shape index (κ1) is 29.0. The van der Waals surface area contributed by atoms with Gasteiger partial charge in [-0.3, -0.25) is 4.79 Å². The van der Waals surface area contributed by atoms with Gasteiger partial charge in [0.2, 0.25) is 5.91 Å². The van der Waals surface area contributed by atoms with Crippen LogP contribution in [0.5, 0.6) is 0 Å². The lowest BCUT2D eigenvalue weighted by Crippen LogP contribution is -2.53. The number of carbonyl (C=O) groups excluding carboxylic acids is 1. The van der Waals surface area contributed by atoms with Crippen molar-refractivity contribution in [3.63, 3.8) is 0 Å². The number of likely N-dealkylation sites (tertiary alicyclic amines) is 1. The molecule has 2 aromatic rings. The third kappa shape index (κ3) is 5.81. The lowest BCUT2D eigenvalue weighted by molar-refractivity contribution is -0.165. The molecule has 1 saturated heterocycles. The van der Waals surface area contributed by atoms with E-state index >= 15 is 0 Å². The molecule has 1 saturated carbocycles. The molecule has 0 spiro atoms. The first-order valence-electron chi connectivity index (χ1n) is 13.5. The fourth-order valence-corrected chi connectivity index (χ4v) is 6.37. The Morgan fingerprint density at radius 1 is 1.05 bits per heavy atom. The van der Waals surface area contributed by atoms with Crippen molar-refractivity contribution in [1.29, 1.82) is 0 Å². The Morgan fingerprint density at radius 2 is 1.72 bits per heavy atom. The number of nitrogens with one attached hydrogen (secondary N) is 1. The van der Waals surface area contributed by atoms with Gasteiger partial charge in [0, 0.05) is 41.6 Å². The molecule has 1 aromatic heterocycles. The molecule has 4 unspecified atom stereocenters. The summed E-state index contributed by atoms with van der Waals surface area (Å²) >= 11 is 0. The van der Waals surface area contributed by atoms with Crippen molar-refractivity contribution in [2.75, 3.05) is 13.6 Å². The lowest BCUT2D eigenvalue weighted by atomic mass is 9.72.